The average Bonchev–Trinajstić information content (AvgIpc) is 3.03. The van der Waals surface area contributed by atoms with Crippen molar-refractivity contribution in [3.05, 3.63) is 65.9 Å². The summed E-state index contributed by atoms with van der Waals surface area (Å²) < 4.78 is 10.8. The Hall–Kier alpha value is -3.01. The number of carbonyl (C=O) groups excluding carboxylic acids is 1. The predicted octanol–water partition coefficient (Wildman–Crippen LogP) is 4.40. The van der Waals surface area contributed by atoms with E-state index < -0.39 is 0 Å². The first-order valence-corrected chi connectivity index (χ1v) is 7.64. The van der Waals surface area contributed by atoms with E-state index in [0.717, 1.165) is 16.6 Å². The van der Waals surface area contributed by atoms with E-state index in [1.807, 2.05) is 55.4 Å². The monoisotopic (exact) mass is 321 g/mol. The van der Waals surface area contributed by atoms with E-state index in [2.05, 4.69) is 0 Å². The molecule has 0 aliphatic carbocycles. The van der Waals surface area contributed by atoms with Gasteiger partial charge in [-0.25, -0.2) is 0 Å². The smallest absolute Gasteiger partial charge is 0.221 e. The van der Waals surface area contributed by atoms with Crippen LogP contribution in [0, 0.1) is 0 Å². The molecule has 1 aromatic heterocycles. The Labute approximate surface area is 140 Å². The molecule has 4 nitrogen and oxygen atoms in total. The fourth-order valence-corrected chi connectivity index (χ4v) is 2.40. The van der Waals surface area contributed by atoms with E-state index in [-0.39, 0.29) is 5.78 Å². The van der Waals surface area contributed by atoms with Crippen molar-refractivity contribution in [3.63, 3.8) is 0 Å². The SMILES string of the molecule is COc1ccc2cc(C(=O)C=Cc3ccc(N(C)C)cc3)oc2c1. The number of anilines is 1. The lowest BCUT2D eigenvalue weighted by Crippen LogP contribution is -2.07. The zero-order chi connectivity index (χ0) is 17.1. The largest absolute Gasteiger partial charge is 0.497 e. The third kappa shape index (κ3) is 3.33. The summed E-state index contributed by atoms with van der Waals surface area (Å²) in [6, 6.07) is 15.2. The second kappa shape index (κ2) is 6.62. The molecule has 0 radical (unpaired) electrons. The van der Waals surface area contributed by atoms with E-state index in [4.69, 9.17) is 9.15 Å². The summed E-state index contributed by atoms with van der Waals surface area (Å²) in [5, 5.41) is 0.878. The number of hydrogen-bond acceptors (Lipinski definition) is 4. The van der Waals surface area contributed by atoms with Crippen LogP contribution in [0.25, 0.3) is 17.0 Å². The first-order chi connectivity index (χ1) is 11.6. The van der Waals surface area contributed by atoms with Gasteiger partial charge in [0.2, 0.25) is 5.78 Å². The number of allylic oxidation sites excluding steroid dienone is 1. The topological polar surface area (TPSA) is 42.7 Å². The lowest BCUT2D eigenvalue weighted by molar-refractivity contribution is 0.102. The van der Waals surface area contributed by atoms with Crippen molar-refractivity contribution in [1.82, 2.24) is 0 Å². The maximum absolute atomic E-state index is 12.3. The Kier molecular flexibility index (Phi) is 4.38. The lowest BCUT2D eigenvalue weighted by atomic mass is 10.1. The number of ketones is 1. The molecule has 4 heteroatoms. The van der Waals surface area contributed by atoms with E-state index in [1.54, 1.807) is 25.3 Å². The van der Waals surface area contributed by atoms with Gasteiger partial charge in [0, 0.05) is 31.2 Å². The summed E-state index contributed by atoms with van der Waals surface area (Å²) in [6.45, 7) is 0. The fourth-order valence-electron chi connectivity index (χ4n) is 2.40. The van der Waals surface area contributed by atoms with Gasteiger partial charge in [0.1, 0.15) is 11.3 Å². The van der Waals surface area contributed by atoms with Gasteiger partial charge in [-0.3, -0.25) is 4.79 Å². The highest BCUT2D eigenvalue weighted by atomic mass is 16.5. The molecule has 0 saturated carbocycles. The zero-order valence-corrected chi connectivity index (χ0v) is 13.9. The molecule has 0 aliphatic heterocycles. The predicted molar refractivity (Wildman–Crippen MR) is 96.9 cm³/mol. The van der Waals surface area contributed by atoms with Crippen LogP contribution in [0.15, 0.2) is 59.0 Å². The maximum atomic E-state index is 12.3. The van der Waals surface area contributed by atoms with Crippen LogP contribution in [0.1, 0.15) is 16.1 Å². The van der Waals surface area contributed by atoms with Crippen molar-refractivity contribution < 1.29 is 13.9 Å². The van der Waals surface area contributed by atoms with Crippen LogP contribution in [0.2, 0.25) is 0 Å². The lowest BCUT2D eigenvalue weighted by Gasteiger charge is -2.11. The van der Waals surface area contributed by atoms with Crippen molar-refractivity contribution in [2.45, 2.75) is 0 Å². The Balaban J connectivity index is 1.78. The minimum absolute atomic E-state index is 0.165. The number of methoxy groups -OCH3 is 1. The summed E-state index contributed by atoms with van der Waals surface area (Å²) in [7, 11) is 5.58. The molecule has 0 atom stereocenters. The summed E-state index contributed by atoms with van der Waals surface area (Å²) in [5.74, 6) is 0.855. The molecule has 0 unspecified atom stereocenters. The molecule has 3 rings (SSSR count). The second-order valence-corrected chi connectivity index (χ2v) is 5.70. The van der Waals surface area contributed by atoms with Crippen molar-refractivity contribution in [3.8, 4) is 5.75 Å². The minimum Gasteiger partial charge on any atom is -0.497 e. The number of furan rings is 1. The van der Waals surface area contributed by atoms with Crippen molar-refractivity contribution >= 4 is 28.5 Å². The van der Waals surface area contributed by atoms with Gasteiger partial charge in [-0.05, 0) is 42.0 Å². The first kappa shape index (κ1) is 15.9. The highest BCUT2D eigenvalue weighted by Gasteiger charge is 2.10. The van der Waals surface area contributed by atoms with Crippen LogP contribution in [0.4, 0.5) is 5.69 Å². The van der Waals surface area contributed by atoms with Crippen LogP contribution < -0.4 is 9.64 Å². The quantitative estimate of drug-likeness (QED) is 0.516. The van der Waals surface area contributed by atoms with E-state index >= 15 is 0 Å². The Morgan fingerprint density at radius 1 is 1.08 bits per heavy atom. The van der Waals surface area contributed by atoms with Crippen LogP contribution in [0.3, 0.4) is 0 Å². The average molecular weight is 321 g/mol. The van der Waals surface area contributed by atoms with Gasteiger partial charge in [0.05, 0.1) is 7.11 Å². The van der Waals surface area contributed by atoms with Gasteiger partial charge >= 0.3 is 0 Å². The third-order valence-electron chi connectivity index (χ3n) is 3.81. The maximum Gasteiger partial charge on any atom is 0.221 e. The highest BCUT2D eigenvalue weighted by Crippen LogP contribution is 2.24. The summed E-state index contributed by atoms with van der Waals surface area (Å²) in [6.07, 6.45) is 3.31. The molecule has 0 aliphatic rings. The summed E-state index contributed by atoms with van der Waals surface area (Å²) in [4.78, 5) is 14.3. The van der Waals surface area contributed by atoms with Crippen molar-refractivity contribution in [1.29, 1.82) is 0 Å². The number of ether oxygens (including phenoxy) is 1. The van der Waals surface area contributed by atoms with Gasteiger partial charge in [-0.2, -0.15) is 0 Å². The van der Waals surface area contributed by atoms with Crippen molar-refractivity contribution in [2.75, 3.05) is 26.1 Å². The Morgan fingerprint density at radius 3 is 2.50 bits per heavy atom. The number of nitrogens with zero attached hydrogens (tertiary/aromatic N) is 1. The Bertz CT molecular complexity index is 889. The Morgan fingerprint density at radius 2 is 1.83 bits per heavy atom. The van der Waals surface area contributed by atoms with Crippen molar-refractivity contribution in [2.24, 2.45) is 0 Å². The molecular formula is C20H19NO3. The summed E-state index contributed by atoms with van der Waals surface area (Å²) in [5.41, 5.74) is 2.72. The molecule has 122 valence electrons. The third-order valence-corrected chi connectivity index (χ3v) is 3.81. The zero-order valence-electron chi connectivity index (χ0n) is 13.9. The molecule has 3 aromatic rings. The number of benzene rings is 2. The highest BCUT2D eigenvalue weighted by molar-refractivity contribution is 6.07. The second-order valence-electron chi connectivity index (χ2n) is 5.70. The van der Waals surface area contributed by atoms with Crippen LogP contribution in [-0.4, -0.2) is 27.0 Å². The van der Waals surface area contributed by atoms with Gasteiger partial charge in [0.15, 0.2) is 5.76 Å². The number of fused-ring (bicyclic) bond motifs is 1. The van der Waals surface area contributed by atoms with Gasteiger partial charge in [-0.15, -0.1) is 0 Å². The number of rotatable bonds is 5. The molecule has 0 amide bonds. The molecule has 1 heterocycles. The number of hydrogen-bond donors (Lipinski definition) is 0. The van der Waals surface area contributed by atoms with E-state index in [9.17, 15) is 4.79 Å². The standard InChI is InChI=1S/C20H19NO3/c1-21(2)16-8-4-14(5-9-16)6-11-18(22)20-12-15-7-10-17(23-3)13-19(15)24-20/h4-13H,1-3H3. The molecule has 2 aromatic carbocycles. The molecule has 0 saturated heterocycles. The molecule has 24 heavy (non-hydrogen) atoms. The van der Waals surface area contributed by atoms with Gasteiger partial charge < -0.3 is 14.1 Å². The summed E-state index contributed by atoms with van der Waals surface area (Å²) >= 11 is 0. The minimum atomic E-state index is -0.165. The molecular weight excluding hydrogens is 302 g/mol. The van der Waals surface area contributed by atoms with Crippen LogP contribution >= 0.6 is 0 Å². The number of carbonyl (C=O) groups is 1. The van der Waals surface area contributed by atoms with Crippen LogP contribution in [0.5, 0.6) is 5.75 Å². The van der Waals surface area contributed by atoms with Gasteiger partial charge in [-0.1, -0.05) is 18.2 Å². The normalized spacial score (nSPS) is 11.1. The molecule has 0 fully saturated rings. The van der Waals surface area contributed by atoms with Gasteiger partial charge in [0.25, 0.3) is 0 Å². The van der Waals surface area contributed by atoms with E-state index in [0.29, 0.717) is 17.1 Å². The molecule has 0 bridgehead atoms. The molecule has 0 spiro atoms. The molecule has 0 N–H and O–H groups in total. The fraction of sp³-hybridized carbons (Fsp3) is 0.150. The van der Waals surface area contributed by atoms with E-state index in [1.165, 1.54) is 6.08 Å². The van der Waals surface area contributed by atoms with Crippen LogP contribution in [-0.2, 0) is 0 Å². The first-order valence-electron chi connectivity index (χ1n) is 7.64.